The van der Waals surface area contributed by atoms with Gasteiger partial charge in [0.05, 0.1) is 6.04 Å². The van der Waals surface area contributed by atoms with E-state index in [0.29, 0.717) is 5.92 Å². The molecule has 4 heteroatoms. The number of hydrogen-bond donors (Lipinski definition) is 2. The van der Waals surface area contributed by atoms with Crippen molar-refractivity contribution in [2.45, 2.75) is 38.6 Å². The Bertz CT molecular complexity index is 220. The summed E-state index contributed by atoms with van der Waals surface area (Å²) in [6, 6.07) is -0.327. The Kier molecular flexibility index (Phi) is 5.77. The molecule has 1 amide bonds. The normalized spacial score (nSPS) is 24.1. The molecule has 1 aliphatic heterocycles. The first-order valence-electron chi connectivity index (χ1n) is 6.35. The number of piperidine rings is 1. The molecule has 0 aliphatic carbocycles. The lowest BCUT2D eigenvalue weighted by Gasteiger charge is -2.29. The zero-order valence-electron chi connectivity index (χ0n) is 10.5. The molecule has 4 nitrogen and oxygen atoms in total. The third kappa shape index (κ3) is 4.49. The van der Waals surface area contributed by atoms with Crippen LogP contribution in [-0.2, 0) is 4.79 Å². The highest BCUT2D eigenvalue weighted by Gasteiger charge is 2.19. The highest BCUT2D eigenvalue weighted by molar-refractivity contribution is 5.81. The molecule has 0 aromatic carbocycles. The minimum atomic E-state index is -0.327. The van der Waals surface area contributed by atoms with Crippen LogP contribution < -0.4 is 11.1 Å². The molecule has 16 heavy (non-hydrogen) atoms. The van der Waals surface area contributed by atoms with Crippen molar-refractivity contribution < 1.29 is 4.79 Å². The monoisotopic (exact) mass is 227 g/mol. The fourth-order valence-electron chi connectivity index (χ4n) is 2.26. The Morgan fingerprint density at radius 1 is 1.62 bits per heavy atom. The van der Waals surface area contributed by atoms with Crippen molar-refractivity contribution in [3.63, 3.8) is 0 Å². The number of amides is 1. The van der Waals surface area contributed by atoms with Gasteiger partial charge in [-0.1, -0.05) is 13.3 Å². The number of nitrogens with two attached hydrogens (primary N) is 1. The predicted molar refractivity (Wildman–Crippen MR) is 66.1 cm³/mol. The van der Waals surface area contributed by atoms with E-state index in [1.165, 1.54) is 19.4 Å². The van der Waals surface area contributed by atoms with E-state index in [1.54, 1.807) is 0 Å². The number of nitrogens with zero attached hydrogens (tertiary/aromatic N) is 1. The Hall–Kier alpha value is -0.610. The second-order valence-corrected chi connectivity index (χ2v) is 4.91. The third-order valence-corrected chi connectivity index (χ3v) is 3.22. The lowest BCUT2D eigenvalue weighted by Crippen LogP contribution is -2.44. The van der Waals surface area contributed by atoms with Crippen molar-refractivity contribution in [3.05, 3.63) is 0 Å². The molecule has 0 saturated carbocycles. The van der Waals surface area contributed by atoms with Crippen LogP contribution >= 0.6 is 0 Å². The van der Waals surface area contributed by atoms with E-state index >= 15 is 0 Å². The van der Waals surface area contributed by atoms with Crippen molar-refractivity contribution in [2.75, 3.05) is 26.7 Å². The number of hydrogen-bond acceptors (Lipinski definition) is 3. The Labute approximate surface area is 98.6 Å². The third-order valence-electron chi connectivity index (χ3n) is 3.22. The zero-order valence-corrected chi connectivity index (χ0v) is 10.5. The molecular formula is C12H25N3O. The number of nitrogens with one attached hydrogen (secondary N) is 1. The van der Waals surface area contributed by atoms with Gasteiger partial charge in [-0.05, 0) is 38.8 Å². The van der Waals surface area contributed by atoms with Crippen LogP contribution in [0, 0.1) is 5.92 Å². The summed E-state index contributed by atoms with van der Waals surface area (Å²) < 4.78 is 0. The number of carbonyl (C=O) groups is 1. The van der Waals surface area contributed by atoms with Crippen LogP contribution in [0.5, 0.6) is 0 Å². The van der Waals surface area contributed by atoms with Crippen LogP contribution in [0.1, 0.15) is 32.6 Å². The summed E-state index contributed by atoms with van der Waals surface area (Å²) >= 11 is 0. The van der Waals surface area contributed by atoms with Crippen LogP contribution in [0.25, 0.3) is 0 Å². The van der Waals surface area contributed by atoms with Gasteiger partial charge in [-0.15, -0.1) is 0 Å². The zero-order chi connectivity index (χ0) is 12.0. The van der Waals surface area contributed by atoms with E-state index in [1.807, 2.05) is 6.92 Å². The summed E-state index contributed by atoms with van der Waals surface area (Å²) in [6.07, 6.45) is 4.18. The first-order valence-corrected chi connectivity index (χ1v) is 6.35. The second kappa shape index (κ2) is 6.86. The average molecular weight is 227 g/mol. The maximum Gasteiger partial charge on any atom is 0.236 e. The van der Waals surface area contributed by atoms with Crippen LogP contribution in [0.15, 0.2) is 0 Å². The van der Waals surface area contributed by atoms with E-state index in [0.717, 1.165) is 25.9 Å². The molecule has 1 rings (SSSR count). The molecule has 3 N–H and O–H groups in total. The Morgan fingerprint density at radius 2 is 2.38 bits per heavy atom. The quantitative estimate of drug-likeness (QED) is 0.722. The highest BCUT2D eigenvalue weighted by atomic mass is 16.2. The molecule has 0 aromatic heterocycles. The number of rotatable bonds is 5. The minimum Gasteiger partial charge on any atom is -0.354 e. The van der Waals surface area contributed by atoms with Gasteiger partial charge in [0.15, 0.2) is 0 Å². The first-order chi connectivity index (χ1) is 7.63. The van der Waals surface area contributed by atoms with Crippen LogP contribution in [-0.4, -0.2) is 43.5 Å². The molecule has 0 bridgehead atoms. The van der Waals surface area contributed by atoms with Crippen LogP contribution in [0.4, 0.5) is 0 Å². The molecule has 1 heterocycles. The van der Waals surface area contributed by atoms with Crippen molar-refractivity contribution in [2.24, 2.45) is 11.7 Å². The summed E-state index contributed by atoms with van der Waals surface area (Å²) in [4.78, 5) is 13.9. The van der Waals surface area contributed by atoms with E-state index in [2.05, 4.69) is 17.3 Å². The largest absolute Gasteiger partial charge is 0.354 e. The van der Waals surface area contributed by atoms with Gasteiger partial charge >= 0.3 is 0 Å². The first kappa shape index (κ1) is 13.5. The molecule has 0 radical (unpaired) electrons. The summed E-state index contributed by atoms with van der Waals surface area (Å²) in [5, 5.41) is 2.97. The van der Waals surface area contributed by atoms with Crippen molar-refractivity contribution >= 4 is 5.91 Å². The number of carbonyl (C=O) groups excluding carboxylic acids is 1. The van der Waals surface area contributed by atoms with Gasteiger partial charge in [0.2, 0.25) is 5.91 Å². The lowest BCUT2D eigenvalue weighted by atomic mass is 9.98. The van der Waals surface area contributed by atoms with E-state index in [4.69, 9.17) is 5.73 Å². The molecule has 2 atom stereocenters. The smallest absolute Gasteiger partial charge is 0.236 e. The standard InChI is InChI=1S/C12H25N3O/c1-3-5-11(13)12(16)14-8-10-6-4-7-15(2)9-10/h10-11H,3-9,13H2,1-2H3,(H,14,16). The summed E-state index contributed by atoms with van der Waals surface area (Å²) in [5.74, 6) is 0.603. The maximum atomic E-state index is 11.6. The van der Waals surface area contributed by atoms with Crippen LogP contribution in [0.3, 0.4) is 0 Å². The van der Waals surface area contributed by atoms with Gasteiger partial charge in [0, 0.05) is 13.1 Å². The topological polar surface area (TPSA) is 58.4 Å². The summed E-state index contributed by atoms with van der Waals surface area (Å²) in [6.45, 7) is 5.09. The van der Waals surface area contributed by atoms with Gasteiger partial charge in [0.1, 0.15) is 0 Å². The summed E-state index contributed by atoms with van der Waals surface area (Å²) in [7, 11) is 2.14. The molecule has 1 aliphatic rings. The Morgan fingerprint density at radius 3 is 3.00 bits per heavy atom. The van der Waals surface area contributed by atoms with E-state index in [-0.39, 0.29) is 11.9 Å². The molecule has 94 valence electrons. The van der Waals surface area contributed by atoms with Crippen molar-refractivity contribution in [1.82, 2.24) is 10.2 Å². The molecular weight excluding hydrogens is 202 g/mol. The highest BCUT2D eigenvalue weighted by Crippen LogP contribution is 2.13. The number of likely N-dealkylation sites (tertiary alicyclic amines) is 1. The minimum absolute atomic E-state index is 0.00933. The van der Waals surface area contributed by atoms with Crippen LogP contribution in [0.2, 0.25) is 0 Å². The molecule has 2 unspecified atom stereocenters. The predicted octanol–water partition coefficient (Wildman–Crippen LogP) is 0.572. The molecule has 1 saturated heterocycles. The fraction of sp³-hybridized carbons (Fsp3) is 0.917. The molecule has 1 fully saturated rings. The maximum absolute atomic E-state index is 11.6. The van der Waals surface area contributed by atoms with E-state index in [9.17, 15) is 4.79 Å². The average Bonchev–Trinajstić information content (AvgIpc) is 2.26. The van der Waals surface area contributed by atoms with Gasteiger partial charge in [-0.2, -0.15) is 0 Å². The lowest BCUT2D eigenvalue weighted by molar-refractivity contribution is -0.122. The summed E-state index contributed by atoms with van der Waals surface area (Å²) in [5.41, 5.74) is 5.75. The molecule has 0 spiro atoms. The molecule has 0 aromatic rings. The van der Waals surface area contributed by atoms with Gasteiger partial charge in [-0.3, -0.25) is 4.79 Å². The van der Waals surface area contributed by atoms with Crippen molar-refractivity contribution in [3.8, 4) is 0 Å². The SMILES string of the molecule is CCCC(N)C(=O)NCC1CCCN(C)C1. The van der Waals surface area contributed by atoms with Gasteiger partial charge in [0.25, 0.3) is 0 Å². The van der Waals surface area contributed by atoms with Gasteiger partial charge < -0.3 is 16.0 Å². The Balaban J connectivity index is 2.20. The van der Waals surface area contributed by atoms with Crippen molar-refractivity contribution in [1.29, 1.82) is 0 Å². The second-order valence-electron chi connectivity index (χ2n) is 4.91. The van der Waals surface area contributed by atoms with Gasteiger partial charge in [-0.25, -0.2) is 0 Å². The fourth-order valence-corrected chi connectivity index (χ4v) is 2.26. The van der Waals surface area contributed by atoms with E-state index < -0.39 is 0 Å².